The van der Waals surface area contributed by atoms with E-state index in [1.807, 2.05) is 75.5 Å². The monoisotopic (exact) mass is 320 g/mol. The zero-order chi connectivity index (χ0) is 17.2. The Morgan fingerprint density at radius 3 is 2.42 bits per heavy atom. The number of pyridine rings is 1. The molecule has 1 aromatic heterocycles. The van der Waals surface area contributed by atoms with Gasteiger partial charge in [0.05, 0.1) is 5.52 Å². The third-order valence-electron chi connectivity index (χ3n) is 3.45. The van der Waals surface area contributed by atoms with E-state index in [4.69, 9.17) is 4.74 Å². The van der Waals surface area contributed by atoms with Crippen molar-refractivity contribution in [3.05, 3.63) is 60.8 Å². The van der Waals surface area contributed by atoms with Crippen LogP contribution in [-0.2, 0) is 4.74 Å². The molecular formula is C20H20N2O2. The molecule has 0 aliphatic carbocycles. The van der Waals surface area contributed by atoms with Crippen LogP contribution in [0.15, 0.2) is 60.8 Å². The van der Waals surface area contributed by atoms with Gasteiger partial charge in [-0.15, -0.1) is 0 Å². The highest BCUT2D eigenvalue weighted by atomic mass is 16.6. The molecule has 0 aliphatic heterocycles. The molecule has 3 rings (SSSR count). The van der Waals surface area contributed by atoms with Crippen molar-refractivity contribution in [3.8, 4) is 11.1 Å². The first-order chi connectivity index (χ1) is 11.4. The van der Waals surface area contributed by atoms with E-state index in [1.165, 1.54) is 0 Å². The number of hydrogen-bond acceptors (Lipinski definition) is 3. The second-order valence-electron chi connectivity index (χ2n) is 6.62. The van der Waals surface area contributed by atoms with E-state index in [1.54, 1.807) is 0 Å². The first kappa shape index (κ1) is 16.0. The third kappa shape index (κ3) is 3.90. The van der Waals surface area contributed by atoms with Crippen molar-refractivity contribution in [2.45, 2.75) is 26.4 Å². The molecule has 0 atom stereocenters. The van der Waals surface area contributed by atoms with Gasteiger partial charge in [0, 0.05) is 22.8 Å². The highest BCUT2D eigenvalue weighted by molar-refractivity contribution is 5.86. The molecule has 0 bridgehead atoms. The van der Waals surface area contributed by atoms with Crippen LogP contribution in [0.3, 0.4) is 0 Å². The maximum atomic E-state index is 11.8. The second kappa shape index (κ2) is 6.32. The van der Waals surface area contributed by atoms with Crippen molar-refractivity contribution in [1.29, 1.82) is 0 Å². The minimum atomic E-state index is -0.513. The summed E-state index contributed by atoms with van der Waals surface area (Å²) < 4.78 is 5.24. The van der Waals surface area contributed by atoms with Crippen molar-refractivity contribution in [2.75, 3.05) is 5.32 Å². The molecular weight excluding hydrogens is 300 g/mol. The number of nitrogens with one attached hydrogen (secondary N) is 1. The first-order valence-corrected chi connectivity index (χ1v) is 7.86. The number of hydrogen-bond donors (Lipinski definition) is 1. The zero-order valence-corrected chi connectivity index (χ0v) is 14.0. The van der Waals surface area contributed by atoms with Crippen LogP contribution < -0.4 is 5.32 Å². The van der Waals surface area contributed by atoms with E-state index in [2.05, 4.69) is 16.4 Å². The lowest BCUT2D eigenvalue weighted by Crippen LogP contribution is -2.27. The van der Waals surface area contributed by atoms with E-state index >= 15 is 0 Å². The molecule has 0 saturated heterocycles. The Hall–Kier alpha value is -2.88. The highest BCUT2D eigenvalue weighted by Gasteiger charge is 2.16. The fourth-order valence-electron chi connectivity index (χ4n) is 2.40. The van der Waals surface area contributed by atoms with Crippen molar-refractivity contribution in [1.82, 2.24) is 4.98 Å². The van der Waals surface area contributed by atoms with Gasteiger partial charge in [0.1, 0.15) is 5.60 Å². The zero-order valence-electron chi connectivity index (χ0n) is 14.0. The summed E-state index contributed by atoms with van der Waals surface area (Å²) in [6, 6.07) is 17.8. The maximum Gasteiger partial charge on any atom is 0.412 e. The molecule has 0 saturated carbocycles. The van der Waals surface area contributed by atoms with Crippen molar-refractivity contribution in [2.24, 2.45) is 0 Å². The topological polar surface area (TPSA) is 51.2 Å². The van der Waals surface area contributed by atoms with Gasteiger partial charge in [0.2, 0.25) is 0 Å². The predicted molar refractivity (Wildman–Crippen MR) is 97.0 cm³/mol. The molecule has 1 heterocycles. The van der Waals surface area contributed by atoms with E-state index < -0.39 is 11.7 Å². The molecule has 1 amide bonds. The summed E-state index contributed by atoms with van der Waals surface area (Å²) in [4.78, 5) is 16.3. The number of amides is 1. The Kier molecular flexibility index (Phi) is 4.21. The second-order valence-corrected chi connectivity index (χ2v) is 6.62. The van der Waals surface area contributed by atoms with E-state index in [-0.39, 0.29) is 0 Å². The van der Waals surface area contributed by atoms with E-state index in [0.29, 0.717) is 5.69 Å². The average molecular weight is 320 g/mol. The molecule has 0 unspecified atom stereocenters. The van der Waals surface area contributed by atoms with Gasteiger partial charge in [-0.3, -0.25) is 10.3 Å². The summed E-state index contributed by atoms with van der Waals surface area (Å²) in [5.41, 5.74) is 3.24. The Morgan fingerprint density at radius 1 is 1.00 bits per heavy atom. The average Bonchev–Trinajstić information content (AvgIpc) is 2.53. The van der Waals surface area contributed by atoms with Crippen molar-refractivity contribution >= 4 is 22.7 Å². The summed E-state index contributed by atoms with van der Waals surface area (Å²) in [5.74, 6) is 0. The molecule has 0 spiro atoms. The predicted octanol–water partition coefficient (Wildman–Crippen LogP) is 5.25. The minimum absolute atomic E-state index is 0.456. The van der Waals surface area contributed by atoms with Crippen LogP contribution in [0.4, 0.5) is 10.5 Å². The van der Waals surface area contributed by atoms with E-state index in [9.17, 15) is 4.79 Å². The van der Waals surface area contributed by atoms with Crippen molar-refractivity contribution < 1.29 is 9.53 Å². The van der Waals surface area contributed by atoms with Crippen LogP contribution >= 0.6 is 0 Å². The minimum Gasteiger partial charge on any atom is -0.444 e. The van der Waals surface area contributed by atoms with Gasteiger partial charge in [-0.05, 0) is 50.6 Å². The molecule has 2 aromatic carbocycles. The highest BCUT2D eigenvalue weighted by Crippen LogP contribution is 2.24. The SMILES string of the molecule is CC(C)(C)OC(=O)Nc1ccc(-c2cnc3ccccc3c2)cc1. The number of rotatable bonds is 2. The van der Waals surface area contributed by atoms with Crippen LogP contribution in [0, 0.1) is 0 Å². The molecule has 0 aliphatic rings. The van der Waals surface area contributed by atoms with Crippen LogP contribution in [0.5, 0.6) is 0 Å². The van der Waals surface area contributed by atoms with Crippen LogP contribution in [0.1, 0.15) is 20.8 Å². The Morgan fingerprint density at radius 2 is 1.71 bits per heavy atom. The third-order valence-corrected chi connectivity index (χ3v) is 3.45. The van der Waals surface area contributed by atoms with Gasteiger partial charge in [0.25, 0.3) is 0 Å². The van der Waals surface area contributed by atoms with Crippen LogP contribution in [0.25, 0.3) is 22.0 Å². The first-order valence-electron chi connectivity index (χ1n) is 7.86. The molecule has 4 heteroatoms. The smallest absolute Gasteiger partial charge is 0.412 e. The van der Waals surface area contributed by atoms with Gasteiger partial charge in [0.15, 0.2) is 0 Å². The maximum absolute atomic E-state index is 11.8. The fourth-order valence-corrected chi connectivity index (χ4v) is 2.40. The quantitative estimate of drug-likeness (QED) is 0.701. The number of carbonyl (C=O) groups excluding carboxylic acids is 1. The number of nitrogens with zero attached hydrogens (tertiary/aromatic N) is 1. The Labute approximate surface area is 141 Å². The van der Waals surface area contributed by atoms with Crippen molar-refractivity contribution in [3.63, 3.8) is 0 Å². The van der Waals surface area contributed by atoms with E-state index in [0.717, 1.165) is 22.0 Å². The molecule has 4 nitrogen and oxygen atoms in total. The molecule has 24 heavy (non-hydrogen) atoms. The Bertz CT molecular complexity index is 865. The molecule has 0 fully saturated rings. The summed E-state index contributed by atoms with van der Waals surface area (Å²) >= 11 is 0. The van der Waals surface area contributed by atoms with Gasteiger partial charge in [-0.2, -0.15) is 0 Å². The number of para-hydroxylation sites is 1. The van der Waals surface area contributed by atoms with Gasteiger partial charge < -0.3 is 4.74 Å². The lowest BCUT2D eigenvalue weighted by Gasteiger charge is -2.19. The van der Waals surface area contributed by atoms with Crippen LogP contribution in [0.2, 0.25) is 0 Å². The lowest BCUT2D eigenvalue weighted by atomic mass is 10.1. The number of benzene rings is 2. The summed E-state index contributed by atoms with van der Waals surface area (Å²) in [6.45, 7) is 5.51. The number of anilines is 1. The molecule has 122 valence electrons. The molecule has 3 aromatic rings. The summed E-state index contributed by atoms with van der Waals surface area (Å²) in [6.07, 6.45) is 1.40. The largest absolute Gasteiger partial charge is 0.444 e. The lowest BCUT2D eigenvalue weighted by molar-refractivity contribution is 0.0636. The fraction of sp³-hybridized carbons (Fsp3) is 0.200. The van der Waals surface area contributed by atoms with Gasteiger partial charge in [-0.25, -0.2) is 4.79 Å². The number of fused-ring (bicyclic) bond motifs is 1. The Balaban J connectivity index is 1.77. The number of ether oxygens (including phenoxy) is 1. The molecule has 1 N–H and O–H groups in total. The van der Waals surface area contributed by atoms with Gasteiger partial charge >= 0.3 is 6.09 Å². The number of aromatic nitrogens is 1. The van der Waals surface area contributed by atoms with Crippen LogP contribution in [-0.4, -0.2) is 16.7 Å². The summed E-state index contributed by atoms with van der Waals surface area (Å²) in [5, 5.41) is 3.83. The molecule has 0 radical (unpaired) electrons. The summed E-state index contributed by atoms with van der Waals surface area (Å²) in [7, 11) is 0. The van der Waals surface area contributed by atoms with Gasteiger partial charge in [-0.1, -0.05) is 30.3 Å². The standard InChI is InChI=1S/C20H20N2O2/c1-20(2,3)24-19(23)22-17-10-8-14(9-11-17)16-12-15-6-4-5-7-18(15)21-13-16/h4-13H,1-3H3,(H,22,23). The normalized spacial score (nSPS) is 11.3. The number of carbonyl (C=O) groups is 1.